The minimum atomic E-state index is -0.798. The van der Waals surface area contributed by atoms with Gasteiger partial charge in [0.1, 0.15) is 0 Å². The van der Waals surface area contributed by atoms with Crippen LogP contribution >= 0.6 is 0 Å². The molecule has 0 radical (unpaired) electrons. The van der Waals surface area contributed by atoms with Crippen LogP contribution in [0.1, 0.15) is 12.8 Å². The van der Waals surface area contributed by atoms with Crippen molar-refractivity contribution >= 4 is 5.97 Å². The molecule has 0 spiro atoms. The quantitative estimate of drug-likeness (QED) is 0.630. The summed E-state index contributed by atoms with van der Waals surface area (Å²) in [6.07, 6.45) is 5.65. The molecule has 0 aliphatic carbocycles. The predicted octanol–water partition coefficient (Wildman–Crippen LogP) is 0.991. The molecule has 0 aromatic heterocycles. The minimum absolute atomic E-state index is 0.485. The summed E-state index contributed by atoms with van der Waals surface area (Å²) in [6, 6.07) is 0. The molecule has 2 heterocycles. The summed E-state index contributed by atoms with van der Waals surface area (Å²) >= 11 is 0. The van der Waals surface area contributed by atoms with Crippen molar-refractivity contribution in [3.8, 4) is 0 Å². The van der Waals surface area contributed by atoms with Crippen LogP contribution in [0.2, 0.25) is 0 Å². The maximum Gasteiger partial charge on any atom is 0.337 e. The molecule has 12 heavy (non-hydrogen) atoms. The van der Waals surface area contributed by atoms with E-state index < -0.39 is 5.97 Å². The third-order valence-corrected chi connectivity index (χ3v) is 2.37. The van der Waals surface area contributed by atoms with E-state index in [0.717, 1.165) is 31.6 Å². The lowest BCUT2D eigenvalue weighted by Crippen LogP contribution is -2.23. The third kappa shape index (κ3) is 1.02. The first-order valence-corrected chi connectivity index (χ1v) is 4.17. The van der Waals surface area contributed by atoms with Gasteiger partial charge in [0, 0.05) is 18.8 Å². The molecule has 1 saturated heterocycles. The molecule has 0 aromatic rings. The van der Waals surface area contributed by atoms with Crippen molar-refractivity contribution in [3.63, 3.8) is 0 Å². The maximum absolute atomic E-state index is 10.8. The largest absolute Gasteiger partial charge is 0.478 e. The zero-order valence-corrected chi connectivity index (χ0v) is 6.79. The minimum Gasteiger partial charge on any atom is -0.478 e. The lowest BCUT2D eigenvalue weighted by Gasteiger charge is -2.22. The molecule has 2 aliphatic heterocycles. The second-order valence-electron chi connectivity index (χ2n) is 3.12. The molecule has 0 aromatic carbocycles. The van der Waals surface area contributed by atoms with Crippen LogP contribution in [0.3, 0.4) is 0 Å². The Morgan fingerprint density at radius 2 is 2.42 bits per heavy atom. The molecule has 0 unspecified atom stereocenters. The van der Waals surface area contributed by atoms with Crippen LogP contribution in [0.4, 0.5) is 0 Å². The van der Waals surface area contributed by atoms with Crippen molar-refractivity contribution in [2.75, 3.05) is 13.1 Å². The SMILES string of the molecule is O=C(O)C1=C2CCCN2CC=C1. The first kappa shape index (κ1) is 7.40. The number of hydrogen-bond donors (Lipinski definition) is 1. The number of carbonyl (C=O) groups is 1. The highest BCUT2D eigenvalue weighted by Crippen LogP contribution is 2.27. The van der Waals surface area contributed by atoms with Crippen LogP contribution in [0.25, 0.3) is 0 Å². The summed E-state index contributed by atoms with van der Waals surface area (Å²) in [5, 5.41) is 8.85. The Kier molecular flexibility index (Phi) is 1.64. The van der Waals surface area contributed by atoms with Crippen LogP contribution in [0.5, 0.6) is 0 Å². The molecule has 3 heteroatoms. The molecule has 3 nitrogen and oxygen atoms in total. The summed E-state index contributed by atoms with van der Waals surface area (Å²) in [4.78, 5) is 12.9. The molecular formula is C9H11NO2. The molecule has 0 bridgehead atoms. The van der Waals surface area contributed by atoms with E-state index in [-0.39, 0.29) is 0 Å². The van der Waals surface area contributed by atoms with Gasteiger partial charge in [-0.15, -0.1) is 0 Å². The van der Waals surface area contributed by atoms with Gasteiger partial charge >= 0.3 is 5.97 Å². The zero-order valence-electron chi connectivity index (χ0n) is 6.79. The van der Waals surface area contributed by atoms with Gasteiger partial charge in [-0.3, -0.25) is 0 Å². The Bertz CT molecular complexity index is 278. The lowest BCUT2D eigenvalue weighted by atomic mass is 10.1. The third-order valence-electron chi connectivity index (χ3n) is 2.37. The molecule has 0 amide bonds. The van der Waals surface area contributed by atoms with Crippen LogP contribution in [-0.4, -0.2) is 29.1 Å². The van der Waals surface area contributed by atoms with Crippen molar-refractivity contribution in [2.24, 2.45) is 0 Å². The van der Waals surface area contributed by atoms with Crippen molar-refractivity contribution in [1.29, 1.82) is 0 Å². The van der Waals surface area contributed by atoms with Crippen LogP contribution in [0.15, 0.2) is 23.4 Å². The number of allylic oxidation sites excluding steroid dienone is 1. The molecule has 2 aliphatic rings. The fourth-order valence-electron chi connectivity index (χ4n) is 1.83. The van der Waals surface area contributed by atoms with E-state index in [1.807, 2.05) is 6.08 Å². The number of aliphatic carboxylic acids is 1. The average molecular weight is 165 g/mol. The van der Waals surface area contributed by atoms with Crippen molar-refractivity contribution < 1.29 is 9.90 Å². The van der Waals surface area contributed by atoms with E-state index in [9.17, 15) is 4.79 Å². The van der Waals surface area contributed by atoms with Crippen molar-refractivity contribution in [3.05, 3.63) is 23.4 Å². The van der Waals surface area contributed by atoms with Gasteiger partial charge in [-0.25, -0.2) is 4.79 Å². The zero-order chi connectivity index (χ0) is 8.55. The monoisotopic (exact) mass is 165 g/mol. The highest BCUT2D eigenvalue weighted by Gasteiger charge is 2.24. The number of fused-ring (bicyclic) bond motifs is 1. The van der Waals surface area contributed by atoms with Crippen LogP contribution in [0, 0.1) is 0 Å². The van der Waals surface area contributed by atoms with Gasteiger partial charge in [-0.05, 0) is 18.9 Å². The van der Waals surface area contributed by atoms with E-state index in [0.29, 0.717) is 5.57 Å². The number of carboxylic acids is 1. The van der Waals surface area contributed by atoms with E-state index in [1.54, 1.807) is 6.08 Å². The fourth-order valence-corrected chi connectivity index (χ4v) is 1.83. The molecule has 0 atom stereocenters. The standard InChI is InChI=1S/C9H11NO2/c11-9(12)7-3-1-5-10-6-2-4-8(7)10/h1,3H,2,4-6H2,(H,11,12). The van der Waals surface area contributed by atoms with Gasteiger partial charge < -0.3 is 10.0 Å². The van der Waals surface area contributed by atoms with E-state index >= 15 is 0 Å². The van der Waals surface area contributed by atoms with Gasteiger partial charge in [0.2, 0.25) is 0 Å². The van der Waals surface area contributed by atoms with Gasteiger partial charge in [-0.2, -0.15) is 0 Å². The lowest BCUT2D eigenvalue weighted by molar-refractivity contribution is -0.132. The Morgan fingerprint density at radius 3 is 3.17 bits per heavy atom. The summed E-state index contributed by atoms with van der Waals surface area (Å²) in [7, 11) is 0. The van der Waals surface area contributed by atoms with Crippen molar-refractivity contribution in [1.82, 2.24) is 4.90 Å². The summed E-state index contributed by atoms with van der Waals surface area (Å²) in [5.41, 5.74) is 1.50. The Hall–Kier alpha value is -1.25. The number of carboxylic acid groups (broad SMARTS) is 1. The van der Waals surface area contributed by atoms with Crippen molar-refractivity contribution in [2.45, 2.75) is 12.8 Å². The normalized spacial score (nSPS) is 21.5. The second-order valence-corrected chi connectivity index (χ2v) is 3.12. The van der Waals surface area contributed by atoms with Gasteiger partial charge in [-0.1, -0.05) is 6.08 Å². The molecule has 2 rings (SSSR count). The fraction of sp³-hybridized carbons (Fsp3) is 0.444. The first-order valence-electron chi connectivity index (χ1n) is 4.17. The van der Waals surface area contributed by atoms with Gasteiger partial charge in [0.25, 0.3) is 0 Å². The summed E-state index contributed by atoms with van der Waals surface area (Å²) < 4.78 is 0. The van der Waals surface area contributed by atoms with Gasteiger partial charge in [0.05, 0.1) is 5.57 Å². The highest BCUT2D eigenvalue weighted by atomic mass is 16.4. The Morgan fingerprint density at radius 1 is 1.58 bits per heavy atom. The summed E-state index contributed by atoms with van der Waals surface area (Å²) in [6.45, 7) is 1.89. The molecular weight excluding hydrogens is 154 g/mol. The van der Waals surface area contributed by atoms with Crippen LogP contribution in [-0.2, 0) is 4.79 Å². The second kappa shape index (κ2) is 2.66. The molecule has 1 fully saturated rings. The highest BCUT2D eigenvalue weighted by molar-refractivity contribution is 5.91. The molecule has 0 saturated carbocycles. The predicted molar refractivity (Wildman–Crippen MR) is 44.6 cm³/mol. The van der Waals surface area contributed by atoms with Gasteiger partial charge in [0.15, 0.2) is 0 Å². The number of nitrogens with zero attached hydrogens (tertiary/aromatic N) is 1. The van der Waals surface area contributed by atoms with E-state index in [2.05, 4.69) is 4.90 Å². The van der Waals surface area contributed by atoms with E-state index in [1.165, 1.54) is 0 Å². The topological polar surface area (TPSA) is 40.5 Å². The number of hydrogen-bond acceptors (Lipinski definition) is 2. The summed E-state index contributed by atoms with van der Waals surface area (Å²) in [5.74, 6) is -0.798. The first-order chi connectivity index (χ1) is 5.79. The smallest absolute Gasteiger partial charge is 0.337 e. The maximum atomic E-state index is 10.8. The molecule has 64 valence electrons. The van der Waals surface area contributed by atoms with E-state index in [4.69, 9.17) is 5.11 Å². The molecule has 1 N–H and O–H groups in total. The average Bonchev–Trinajstić information content (AvgIpc) is 2.49. The number of rotatable bonds is 1. The Labute approximate surface area is 71.0 Å². The van der Waals surface area contributed by atoms with Crippen LogP contribution < -0.4 is 0 Å². The Balaban J connectivity index is 2.38.